The number of ether oxygens (including phenoxy) is 4. The van der Waals surface area contributed by atoms with E-state index in [2.05, 4.69) is 16.0 Å². The minimum Gasteiger partial charge on any atom is -0.497 e. The highest BCUT2D eigenvalue weighted by Gasteiger charge is 2.45. The number of hydrogen-bond donors (Lipinski definition) is 4. The summed E-state index contributed by atoms with van der Waals surface area (Å²) < 4.78 is 22.8. The number of hydrogen-bond acceptors (Lipinski definition) is 14. The third kappa shape index (κ3) is 17.5. The van der Waals surface area contributed by atoms with Crippen molar-refractivity contribution in [3.8, 4) is 5.75 Å². The van der Waals surface area contributed by atoms with E-state index < -0.39 is 132 Å². The van der Waals surface area contributed by atoms with Crippen LogP contribution in [0.2, 0.25) is 0 Å². The molecule has 11 atom stereocenters. The van der Waals surface area contributed by atoms with Gasteiger partial charge in [-0.2, -0.15) is 0 Å². The van der Waals surface area contributed by atoms with Crippen LogP contribution in [0.25, 0.3) is 0 Å². The number of fused-ring (bicyclic) bond motifs is 1. The summed E-state index contributed by atoms with van der Waals surface area (Å²) in [5, 5.41) is 20.1. The van der Waals surface area contributed by atoms with Crippen molar-refractivity contribution >= 4 is 53.4 Å². The number of cyclic esters (lactones) is 2. The SMILES string of the molecule is CC[C@H](C)[C@@H]1NC(=O)[C@@H](NC(=O)[C@@H](CC(C)C)N(C)C(=O)OCc2ccccc2)[C@H](C)OC(=O)[C@H](Cc2ccc(OC)cc2)N(C)C(=O)[C@@H]2CCCN2C(=O)[C@@H](CC(C)C)NC(=O)[C@@H](C)C(=O)[C@@H](C(C)C)OC(=O)C[C@H]1O. The number of aliphatic hydroxyl groups excluding tert-OH is 1. The molecule has 6 amide bonds. The molecule has 2 saturated heterocycles. The molecule has 2 aliphatic heterocycles. The Morgan fingerprint density at radius 3 is 2.09 bits per heavy atom. The first-order valence-electron chi connectivity index (χ1n) is 27.0. The summed E-state index contributed by atoms with van der Waals surface area (Å²) in [6, 6.07) is 7.97. The predicted octanol–water partition coefficient (Wildman–Crippen LogP) is 4.75. The second-order valence-electron chi connectivity index (χ2n) is 21.8. The summed E-state index contributed by atoms with van der Waals surface area (Å²) in [5.74, 6) is -8.77. The molecule has 0 radical (unpaired) electrons. The molecule has 0 aliphatic carbocycles. The highest BCUT2D eigenvalue weighted by molar-refractivity contribution is 6.05. The number of nitrogens with zero attached hydrogens (tertiary/aromatic N) is 3. The zero-order valence-electron chi connectivity index (χ0n) is 47.2. The highest BCUT2D eigenvalue weighted by atomic mass is 16.6. The van der Waals surface area contributed by atoms with E-state index in [-0.39, 0.29) is 50.7 Å². The van der Waals surface area contributed by atoms with Gasteiger partial charge in [-0.05, 0) is 86.5 Å². The highest BCUT2D eigenvalue weighted by Crippen LogP contribution is 2.26. The van der Waals surface area contributed by atoms with Crippen LogP contribution in [-0.2, 0) is 65.6 Å². The van der Waals surface area contributed by atoms with Gasteiger partial charge in [-0.15, -0.1) is 0 Å². The second-order valence-corrected chi connectivity index (χ2v) is 21.8. The molecule has 2 fully saturated rings. The predicted molar refractivity (Wildman–Crippen MR) is 285 cm³/mol. The summed E-state index contributed by atoms with van der Waals surface area (Å²) in [4.78, 5) is 133. The van der Waals surface area contributed by atoms with Crippen LogP contribution in [0.15, 0.2) is 54.6 Å². The van der Waals surface area contributed by atoms with Crippen molar-refractivity contribution in [2.24, 2.45) is 29.6 Å². The zero-order chi connectivity index (χ0) is 57.4. The summed E-state index contributed by atoms with van der Waals surface area (Å²) in [7, 11) is 4.30. The van der Waals surface area contributed by atoms with Gasteiger partial charge < -0.3 is 49.8 Å². The average molecular weight is 1080 g/mol. The van der Waals surface area contributed by atoms with Gasteiger partial charge in [0.2, 0.25) is 29.5 Å². The topological polar surface area (TPSA) is 257 Å². The Balaban J connectivity index is 1.86. The van der Waals surface area contributed by atoms with Crippen LogP contribution < -0.4 is 20.7 Å². The van der Waals surface area contributed by atoms with E-state index in [1.54, 1.807) is 76.2 Å². The van der Waals surface area contributed by atoms with E-state index in [0.29, 0.717) is 29.7 Å². The number of ketones is 1. The monoisotopic (exact) mass is 1080 g/mol. The summed E-state index contributed by atoms with van der Waals surface area (Å²) in [6.45, 7) is 17.0. The van der Waals surface area contributed by atoms with Crippen LogP contribution in [0, 0.1) is 29.6 Å². The first kappa shape index (κ1) is 63.0. The number of methoxy groups -OCH3 is 1. The molecule has 0 bridgehead atoms. The van der Waals surface area contributed by atoms with Crippen molar-refractivity contribution in [1.29, 1.82) is 0 Å². The van der Waals surface area contributed by atoms with Crippen LogP contribution in [0.1, 0.15) is 119 Å². The molecule has 0 aromatic heterocycles. The van der Waals surface area contributed by atoms with Gasteiger partial charge in [-0.25, -0.2) is 9.59 Å². The molecule has 4 rings (SSSR count). The van der Waals surface area contributed by atoms with Gasteiger partial charge in [0.1, 0.15) is 48.7 Å². The Bertz CT molecular complexity index is 2350. The number of nitrogens with one attached hydrogen (secondary N) is 3. The number of Topliss-reactive ketones (excluding diaryl/α,β-unsaturated/α-hetero) is 1. The zero-order valence-corrected chi connectivity index (χ0v) is 47.2. The number of carbonyl (C=O) groups is 9. The molecule has 0 spiro atoms. The van der Waals surface area contributed by atoms with E-state index in [1.165, 1.54) is 44.9 Å². The van der Waals surface area contributed by atoms with Crippen molar-refractivity contribution in [1.82, 2.24) is 30.7 Å². The van der Waals surface area contributed by atoms with Crippen molar-refractivity contribution in [2.45, 2.75) is 175 Å². The molecule has 20 heteroatoms. The molecular formula is C57H84N6O14. The molecule has 4 N–H and O–H groups in total. The third-order valence-electron chi connectivity index (χ3n) is 14.4. The van der Waals surface area contributed by atoms with Gasteiger partial charge in [0.05, 0.1) is 31.6 Å². The maximum atomic E-state index is 14.9. The molecule has 2 aromatic carbocycles. The first-order chi connectivity index (χ1) is 36.3. The Morgan fingerprint density at radius 1 is 0.857 bits per heavy atom. The molecule has 20 nitrogen and oxygen atoms in total. The first-order valence-corrected chi connectivity index (χ1v) is 27.0. The van der Waals surface area contributed by atoms with Crippen molar-refractivity contribution in [2.75, 3.05) is 27.7 Å². The van der Waals surface area contributed by atoms with Crippen LogP contribution in [0.4, 0.5) is 4.79 Å². The average Bonchev–Trinajstić information content (AvgIpc) is 3.89. The third-order valence-corrected chi connectivity index (χ3v) is 14.4. The number of likely N-dealkylation sites (N-methyl/N-ethyl adjacent to an activating group) is 2. The number of esters is 2. The van der Waals surface area contributed by atoms with Crippen LogP contribution in [0.5, 0.6) is 5.75 Å². The van der Waals surface area contributed by atoms with Crippen molar-refractivity contribution in [3.63, 3.8) is 0 Å². The Labute approximate surface area is 454 Å². The Kier molecular flexibility index (Phi) is 23.9. The van der Waals surface area contributed by atoms with Crippen LogP contribution >= 0.6 is 0 Å². The Morgan fingerprint density at radius 2 is 1.51 bits per heavy atom. The maximum Gasteiger partial charge on any atom is 0.410 e. The van der Waals surface area contributed by atoms with Crippen molar-refractivity contribution < 1.29 is 67.2 Å². The minimum atomic E-state index is -1.72. The number of benzene rings is 2. The number of carbonyl (C=O) groups excluding carboxylic acids is 9. The molecular weight excluding hydrogens is 993 g/mol. The van der Waals surface area contributed by atoms with Gasteiger partial charge in [0, 0.05) is 27.1 Å². The summed E-state index contributed by atoms with van der Waals surface area (Å²) >= 11 is 0. The van der Waals surface area contributed by atoms with E-state index in [0.717, 1.165) is 4.90 Å². The molecule has 0 saturated carbocycles. The van der Waals surface area contributed by atoms with Crippen LogP contribution in [0.3, 0.4) is 0 Å². The number of amides is 6. The lowest BCUT2D eigenvalue weighted by molar-refractivity contribution is -0.163. The Hall–Kier alpha value is -6.57. The molecule has 2 heterocycles. The van der Waals surface area contributed by atoms with Gasteiger partial charge in [0.25, 0.3) is 0 Å². The maximum absolute atomic E-state index is 14.9. The molecule has 2 aromatic rings. The second kappa shape index (κ2) is 29.2. The van der Waals surface area contributed by atoms with Gasteiger partial charge >= 0.3 is 18.0 Å². The van der Waals surface area contributed by atoms with Crippen LogP contribution in [-0.4, -0.2) is 155 Å². The van der Waals surface area contributed by atoms with Gasteiger partial charge in [0.15, 0.2) is 11.9 Å². The number of rotatable bonds is 15. The van der Waals surface area contributed by atoms with E-state index in [1.807, 2.05) is 33.8 Å². The largest absolute Gasteiger partial charge is 0.497 e. The fourth-order valence-electron chi connectivity index (χ4n) is 9.55. The standard InChI is InChI=1S/C57H84N6O14/c1-14-35(8)47-45(64)30-46(65)77-50(34(6)7)49(66)36(9)51(67)58-41(27-32(2)3)54(70)63-26-18-21-42(63)55(71)61(11)44(29-38-22-24-40(74-13)25-23-38)56(72)76-37(10)48(53(69)59-47)60-52(68)43(28-33(4)5)62(12)57(73)75-31-39-19-16-15-17-20-39/h15-17,19-20,22-25,32-37,41-45,47-48,50,64H,14,18,21,26-31H2,1-13H3,(H,58,67)(H,59,69)(H,60,68)/t35-,36-,37-,41+,42-,43+,44-,45+,47-,48-,50+/m0/s1. The van der Waals surface area contributed by atoms with E-state index in [9.17, 15) is 48.3 Å². The summed E-state index contributed by atoms with van der Waals surface area (Å²) in [6.07, 6.45) is -4.96. The summed E-state index contributed by atoms with van der Waals surface area (Å²) in [5.41, 5.74) is 1.30. The lowest BCUT2D eigenvalue weighted by Gasteiger charge is -2.36. The normalized spacial score (nSPS) is 25.6. The van der Waals surface area contributed by atoms with E-state index in [4.69, 9.17) is 18.9 Å². The quantitative estimate of drug-likeness (QED) is 0.107. The lowest BCUT2D eigenvalue weighted by atomic mass is 9.91. The van der Waals surface area contributed by atoms with Gasteiger partial charge in [-0.3, -0.25) is 38.5 Å². The van der Waals surface area contributed by atoms with Crippen molar-refractivity contribution in [3.05, 3.63) is 65.7 Å². The number of aliphatic hydroxyl groups is 1. The molecule has 2 aliphatic rings. The fourth-order valence-corrected chi connectivity index (χ4v) is 9.55. The minimum absolute atomic E-state index is 0.0856. The van der Waals surface area contributed by atoms with Gasteiger partial charge in [-0.1, -0.05) is 104 Å². The molecule has 0 unspecified atom stereocenters. The fraction of sp³-hybridized carbons (Fsp3) is 0.632. The van der Waals surface area contributed by atoms with E-state index >= 15 is 0 Å². The smallest absolute Gasteiger partial charge is 0.410 e. The molecule has 77 heavy (non-hydrogen) atoms. The lowest BCUT2D eigenvalue weighted by Crippen LogP contribution is -2.61. The molecule has 426 valence electrons.